The first kappa shape index (κ1) is 19.6. The van der Waals surface area contributed by atoms with E-state index in [0.29, 0.717) is 24.3 Å². The van der Waals surface area contributed by atoms with Crippen molar-refractivity contribution in [2.45, 2.75) is 69.9 Å². The first-order valence-electron chi connectivity index (χ1n) is 12.6. The Morgan fingerprint density at radius 2 is 2.06 bits per heavy atom. The van der Waals surface area contributed by atoms with E-state index >= 15 is 0 Å². The topological polar surface area (TPSA) is 39.3 Å². The summed E-state index contributed by atoms with van der Waals surface area (Å²) in [6.45, 7) is 3.44. The van der Waals surface area contributed by atoms with Crippen molar-refractivity contribution >= 4 is 16.8 Å². The van der Waals surface area contributed by atoms with Gasteiger partial charge < -0.3 is 9.88 Å². The lowest BCUT2D eigenvalue weighted by molar-refractivity contribution is -0.136. The number of rotatable bonds is 4. The molecule has 3 unspecified atom stereocenters. The summed E-state index contributed by atoms with van der Waals surface area (Å²) in [5, 5.41) is 1.30. The number of para-hydroxylation sites is 1. The number of carbonyl (C=O) groups excluding carboxylic acids is 1. The molecule has 4 nitrogen and oxygen atoms in total. The molecule has 0 spiro atoms. The molecule has 1 N–H and O–H groups in total. The third-order valence-corrected chi connectivity index (χ3v) is 8.49. The van der Waals surface area contributed by atoms with Gasteiger partial charge in [0.25, 0.3) is 0 Å². The van der Waals surface area contributed by atoms with Crippen LogP contribution in [0.3, 0.4) is 0 Å². The van der Waals surface area contributed by atoms with E-state index in [-0.39, 0.29) is 0 Å². The minimum atomic E-state index is 0.383. The van der Waals surface area contributed by atoms with Crippen LogP contribution in [0.4, 0.5) is 0 Å². The van der Waals surface area contributed by atoms with Gasteiger partial charge in [-0.05, 0) is 75.0 Å². The zero-order valence-electron chi connectivity index (χ0n) is 18.6. The first-order chi connectivity index (χ1) is 15.3. The highest BCUT2D eigenvalue weighted by molar-refractivity contribution is 5.83. The number of hydrogen-bond donors (Lipinski definition) is 1. The number of fused-ring (bicyclic) bond motifs is 7. The van der Waals surface area contributed by atoms with Gasteiger partial charge in [0.2, 0.25) is 5.91 Å². The molecule has 1 amide bonds. The van der Waals surface area contributed by atoms with Gasteiger partial charge in [0.05, 0.1) is 6.04 Å². The summed E-state index contributed by atoms with van der Waals surface area (Å²) in [6, 6.07) is 9.63. The number of aromatic amines is 1. The van der Waals surface area contributed by atoms with Gasteiger partial charge in [-0.2, -0.15) is 0 Å². The molecule has 3 aliphatic heterocycles. The maximum Gasteiger partial charge on any atom is 0.223 e. The Kier molecular flexibility index (Phi) is 5.14. The summed E-state index contributed by atoms with van der Waals surface area (Å²) in [5.41, 5.74) is 4.13. The van der Waals surface area contributed by atoms with E-state index in [4.69, 9.17) is 0 Å². The Morgan fingerprint density at radius 1 is 1.13 bits per heavy atom. The lowest BCUT2D eigenvalue weighted by Crippen LogP contribution is -2.60. The Hall–Kier alpha value is -2.07. The third kappa shape index (κ3) is 3.53. The van der Waals surface area contributed by atoms with Gasteiger partial charge in [0.15, 0.2) is 0 Å². The zero-order valence-corrected chi connectivity index (χ0v) is 18.6. The van der Waals surface area contributed by atoms with Gasteiger partial charge in [-0.3, -0.25) is 9.69 Å². The van der Waals surface area contributed by atoms with E-state index in [9.17, 15) is 4.79 Å². The highest BCUT2D eigenvalue weighted by Gasteiger charge is 2.46. The van der Waals surface area contributed by atoms with Crippen LogP contribution in [-0.4, -0.2) is 52.4 Å². The van der Waals surface area contributed by atoms with E-state index in [1.54, 1.807) is 5.57 Å². The minimum absolute atomic E-state index is 0.383. The normalized spacial score (nSPS) is 30.6. The first-order valence-corrected chi connectivity index (χ1v) is 12.6. The lowest BCUT2D eigenvalue weighted by Gasteiger charge is -2.54. The predicted molar refractivity (Wildman–Crippen MR) is 125 cm³/mol. The zero-order chi connectivity index (χ0) is 20.8. The number of aromatic nitrogens is 1. The molecule has 6 rings (SSSR count). The number of H-pyrrole nitrogens is 1. The van der Waals surface area contributed by atoms with Gasteiger partial charge in [-0.1, -0.05) is 36.3 Å². The van der Waals surface area contributed by atoms with Crippen LogP contribution in [0.2, 0.25) is 0 Å². The van der Waals surface area contributed by atoms with Crippen LogP contribution < -0.4 is 0 Å². The Morgan fingerprint density at radius 3 is 3.03 bits per heavy atom. The molecule has 3 saturated heterocycles. The molecular formula is C27H35N3O. The summed E-state index contributed by atoms with van der Waals surface area (Å²) in [4.78, 5) is 21.8. The van der Waals surface area contributed by atoms with Crippen molar-refractivity contribution in [1.82, 2.24) is 14.8 Å². The number of piperidine rings is 3. The van der Waals surface area contributed by atoms with Gasteiger partial charge in [0, 0.05) is 42.7 Å². The fourth-order valence-electron chi connectivity index (χ4n) is 7.17. The number of likely N-dealkylation sites (tertiary alicyclic amines) is 1. The van der Waals surface area contributed by atoms with Crippen molar-refractivity contribution < 1.29 is 4.79 Å². The molecule has 0 radical (unpaired) electrons. The summed E-state index contributed by atoms with van der Waals surface area (Å²) in [6.07, 6.45) is 15.1. The predicted octanol–water partition coefficient (Wildman–Crippen LogP) is 4.91. The molecule has 2 aromatic rings. The summed E-state index contributed by atoms with van der Waals surface area (Å²) >= 11 is 0. The second-order valence-corrected chi connectivity index (χ2v) is 10.3. The van der Waals surface area contributed by atoms with Gasteiger partial charge >= 0.3 is 0 Å². The number of hydrogen-bond acceptors (Lipinski definition) is 2. The van der Waals surface area contributed by atoms with Crippen LogP contribution in [0.15, 0.2) is 42.1 Å². The molecule has 1 aromatic heterocycles. The highest BCUT2D eigenvalue weighted by atomic mass is 16.2. The number of benzene rings is 1. The van der Waals surface area contributed by atoms with E-state index in [2.05, 4.69) is 51.3 Å². The fourth-order valence-corrected chi connectivity index (χ4v) is 7.17. The summed E-state index contributed by atoms with van der Waals surface area (Å²) < 4.78 is 0. The van der Waals surface area contributed by atoms with Gasteiger partial charge in [-0.25, -0.2) is 0 Å². The van der Waals surface area contributed by atoms with Crippen molar-refractivity contribution in [3.63, 3.8) is 0 Å². The molecule has 0 saturated carbocycles. The van der Waals surface area contributed by atoms with Gasteiger partial charge in [0.1, 0.15) is 0 Å². The second kappa shape index (κ2) is 8.12. The Labute approximate surface area is 185 Å². The molecule has 4 atom stereocenters. The van der Waals surface area contributed by atoms with Crippen molar-refractivity contribution in [2.24, 2.45) is 11.8 Å². The average molecular weight is 418 g/mol. The minimum Gasteiger partial charge on any atom is -0.361 e. The lowest BCUT2D eigenvalue weighted by atomic mass is 9.68. The Bertz CT molecular complexity index is 991. The number of nitrogens with zero attached hydrogens (tertiary/aromatic N) is 2. The second-order valence-electron chi connectivity index (χ2n) is 10.3. The maximum atomic E-state index is 13.4. The molecular weight excluding hydrogens is 382 g/mol. The molecule has 4 heterocycles. The molecule has 31 heavy (non-hydrogen) atoms. The monoisotopic (exact) mass is 417 g/mol. The van der Waals surface area contributed by atoms with Crippen LogP contribution in [0.25, 0.3) is 10.9 Å². The van der Waals surface area contributed by atoms with Crippen molar-refractivity contribution in [2.75, 3.05) is 19.6 Å². The molecule has 4 heteroatoms. The van der Waals surface area contributed by atoms with E-state index < -0.39 is 0 Å². The average Bonchev–Trinajstić information content (AvgIpc) is 3.22. The largest absolute Gasteiger partial charge is 0.361 e. The molecule has 4 aliphatic rings. The molecule has 1 aliphatic carbocycles. The van der Waals surface area contributed by atoms with Crippen molar-refractivity contribution in [1.29, 1.82) is 0 Å². The maximum absolute atomic E-state index is 13.4. The highest BCUT2D eigenvalue weighted by Crippen LogP contribution is 2.45. The fraction of sp³-hybridized carbons (Fsp3) is 0.593. The van der Waals surface area contributed by atoms with Crippen molar-refractivity contribution in [3.8, 4) is 0 Å². The third-order valence-electron chi connectivity index (χ3n) is 8.49. The van der Waals surface area contributed by atoms with Crippen LogP contribution in [0.1, 0.15) is 56.9 Å². The quantitative estimate of drug-likeness (QED) is 0.718. The number of carbonyl (C=O) groups is 1. The number of amides is 1. The molecule has 3 fully saturated rings. The van der Waals surface area contributed by atoms with Crippen LogP contribution in [0.5, 0.6) is 0 Å². The van der Waals surface area contributed by atoms with Gasteiger partial charge in [-0.15, -0.1) is 0 Å². The molecule has 164 valence electrons. The number of aryl methyl sites for hydroxylation is 1. The molecule has 1 aromatic carbocycles. The van der Waals surface area contributed by atoms with E-state index in [0.717, 1.165) is 37.8 Å². The molecule has 2 bridgehead atoms. The summed E-state index contributed by atoms with van der Waals surface area (Å²) in [5.74, 6) is 1.77. The number of nitrogens with one attached hydrogen (secondary N) is 1. The van der Waals surface area contributed by atoms with E-state index in [1.165, 1.54) is 61.7 Å². The Balaban J connectivity index is 1.14. The van der Waals surface area contributed by atoms with Crippen LogP contribution in [-0.2, 0) is 11.2 Å². The standard InChI is InChI=1S/C27H35N3O/c31-26(12-5-7-20-17-28-24-10-2-1-9-23(20)24)30-14-6-8-19-15-21-16-22(27(19)30)18-29-13-4-3-11-25(21)29/h1-2,9-10,15,17,21-22,25,27-28H,3-8,11-14,16,18H2/t21-,22?,25?,27?/m0/s1. The smallest absolute Gasteiger partial charge is 0.223 e. The summed E-state index contributed by atoms with van der Waals surface area (Å²) in [7, 11) is 0. The van der Waals surface area contributed by atoms with Crippen LogP contribution >= 0.6 is 0 Å². The SMILES string of the molecule is O=C(CCCc1c[nH]c2ccccc12)N1CCCC2=C[C@H]3CC(CN4CCCCC34)C21. The van der Waals surface area contributed by atoms with E-state index in [1.807, 2.05) is 0 Å². The van der Waals surface area contributed by atoms with Crippen molar-refractivity contribution in [3.05, 3.63) is 47.7 Å². The van der Waals surface area contributed by atoms with Crippen LogP contribution in [0, 0.1) is 11.8 Å².